The van der Waals surface area contributed by atoms with Gasteiger partial charge in [-0.1, -0.05) is 12.1 Å². The first-order valence-electron chi connectivity index (χ1n) is 4.39. The first-order valence-corrected chi connectivity index (χ1v) is 5.18. The maximum Gasteiger partial charge on any atom is 0.138 e. The molecule has 2 aromatic rings. The Morgan fingerprint density at radius 3 is 2.53 bits per heavy atom. The van der Waals surface area contributed by atoms with Gasteiger partial charge in [0.25, 0.3) is 0 Å². The molecule has 0 saturated carbocycles. The summed E-state index contributed by atoms with van der Waals surface area (Å²) in [6, 6.07) is 10.6. The summed E-state index contributed by atoms with van der Waals surface area (Å²) in [5.41, 5.74) is 7.01. The van der Waals surface area contributed by atoms with Gasteiger partial charge in [-0.25, -0.2) is 4.98 Å². The number of aromatic hydroxyl groups is 1. The molecule has 15 heavy (non-hydrogen) atoms. The van der Waals surface area contributed by atoms with Gasteiger partial charge >= 0.3 is 0 Å². The van der Waals surface area contributed by atoms with Crippen molar-refractivity contribution in [3.8, 4) is 17.0 Å². The molecule has 0 amide bonds. The molecule has 0 atom stereocenters. The van der Waals surface area contributed by atoms with Crippen LogP contribution in [-0.2, 0) is 0 Å². The monoisotopic (exact) mass is 264 g/mol. The maximum atomic E-state index is 9.63. The Hall–Kier alpha value is -1.55. The van der Waals surface area contributed by atoms with Crippen LogP contribution in [0.3, 0.4) is 0 Å². The number of para-hydroxylation sites is 1. The Bertz CT molecular complexity index is 500. The van der Waals surface area contributed by atoms with E-state index in [9.17, 15) is 5.11 Å². The van der Waals surface area contributed by atoms with Gasteiger partial charge in [-0.2, -0.15) is 0 Å². The number of benzene rings is 1. The average molecular weight is 265 g/mol. The van der Waals surface area contributed by atoms with Crippen LogP contribution in [-0.4, -0.2) is 10.1 Å². The quantitative estimate of drug-likeness (QED) is 0.833. The standard InChI is InChI=1S/C11H9BrN2O/c12-8-5-6-9(14-11(8)13)7-3-1-2-4-10(7)15/h1-6,15H,(H2,13,14). The second-order valence-electron chi connectivity index (χ2n) is 3.08. The molecule has 1 aromatic carbocycles. The van der Waals surface area contributed by atoms with Gasteiger partial charge in [-0.05, 0) is 40.2 Å². The summed E-state index contributed by atoms with van der Waals surface area (Å²) in [6.07, 6.45) is 0. The number of hydrogen-bond acceptors (Lipinski definition) is 3. The topological polar surface area (TPSA) is 59.1 Å². The Morgan fingerprint density at radius 2 is 1.87 bits per heavy atom. The molecule has 0 aliphatic heterocycles. The molecule has 1 aromatic heterocycles. The number of nitrogen functional groups attached to an aromatic ring is 1. The number of phenolic OH excluding ortho intramolecular Hbond substituents is 1. The summed E-state index contributed by atoms with van der Waals surface area (Å²) in [4.78, 5) is 4.17. The second kappa shape index (κ2) is 3.90. The molecule has 2 rings (SSSR count). The summed E-state index contributed by atoms with van der Waals surface area (Å²) >= 11 is 3.27. The second-order valence-corrected chi connectivity index (χ2v) is 3.94. The van der Waals surface area contributed by atoms with E-state index in [1.807, 2.05) is 12.1 Å². The van der Waals surface area contributed by atoms with Crippen LogP contribution < -0.4 is 5.73 Å². The highest BCUT2D eigenvalue weighted by Crippen LogP contribution is 2.29. The number of hydrogen-bond donors (Lipinski definition) is 2. The third-order valence-electron chi connectivity index (χ3n) is 2.05. The number of nitrogens with two attached hydrogens (primary N) is 1. The molecule has 0 unspecified atom stereocenters. The lowest BCUT2D eigenvalue weighted by Gasteiger charge is -2.05. The lowest BCUT2D eigenvalue weighted by atomic mass is 10.1. The summed E-state index contributed by atoms with van der Waals surface area (Å²) in [6.45, 7) is 0. The largest absolute Gasteiger partial charge is 0.507 e. The van der Waals surface area contributed by atoms with Crippen LogP contribution in [0.4, 0.5) is 5.82 Å². The molecule has 0 bridgehead atoms. The number of anilines is 1. The van der Waals surface area contributed by atoms with Crippen molar-refractivity contribution >= 4 is 21.7 Å². The highest BCUT2D eigenvalue weighted by molar-refractivity contribution is 9.10. The van der Waals surface area contributed by atoms with E-state index in [2.05, 4.69) is 20.9 Å². The Balaban J connectivity index is 2.55. The van der Waals surface area contributed by atoms with Crippen molar-refractivity contribution in [1.29, 1.82) is 0 Å². The Labute approximate surface area is 95.7 Å². The Kier molecular flexibility index (Phi) is 2.60. The van der Waals surface area contributed by atoms with Crippen LogP contribution in [0.5, 0.6) is 5.75 Å². The maximum absolute atomic E-state index is 9.63. The van der Waals surface area contributed by atoms with Gasteiger partial charge in [-0.3, -0.25) is 0 Å². The zero-order chi connectivity index (χ0) is 10.8. The van der Waals surface area contributed by atoms with Gasteiger partial charge in [0.15, 0.2) is 0 Å². The van der Waals surface area contributed by atoms with Gasteiger partial charge in [0.05, 0.1) is 10.2 Å². The third-order valence-corrected chi connectivity index (χ3v) is 2.72. The molecule has 1 heterocycles. The van der Waals surface area contributed by atoms with E-state index in [1.54, 1.807) is 24.3 Å². The van der Waals surface area contributed by atoms with Crippen LogP contribution in [0.2, 0.25) is 0 Å². The molecule has 0 aliphatic carbocycles. The molecule has 0 aliphatic rings. The zero-order valence-electron chi connectivity index (χ0n) is 7.81. The minimum atomic E-state index is 0.201. The molecule has 4 heteroatoms. The normalized spacial score (nSPS) is 10.2. The van der Waals surface area contributed by atoms with Crippen molar-refractivity contribution in [2.45, 2.75) is 0 Å². The van der Waals surface area contributed by atoms with Crippen molar-refractivity contribution in [2.75, 3.05) is 5.73 Å². The summed E-state index contributed by atoms with van der Waals surface area (Å²) in [7, 11) is 0. The van der Waals surface area contributed by atoms with E-state index in [0.29, 0.717) is 17.1 Å². The van der Waals surface area contributed by atoms with Crippen molar-refractivity contribution in [3.63, 3.8) is 0 Å². The van der Waals surface area contributed by atoms with Gasteiger partial charge < -0.3 is 10.8 Å². The van der Waals surface area contributed by atoms with Gasteiger partial charge in [-0.15, -0.1) is 0 Å². The number of aromatic nitrogens is 1. The number of rotatable bonds is 1. The van der Waals surface area contributed by atoms with Gasteiger partial charge in [0, 0.05) is 5.56 Å². The van der Waals surface area contributed by atoms with Crippen molar-refractivity contribution in [1.82, 2.24) is 4.98 Å². The fourth-order valence-electron chi connectivity index (χ4n) is 1.30. The third kappa shape index (κ3) is 1.94. The Morgan fingerprint density at radius 1 is 1.13 bits per heavy atom. The predicted molar refractivity (Wildman–Crippen MR) is 63.5 cm³/mol. The summed E-state index contributed by atoms with van der Waals surface area (Å²) < 4.78 is 0.752. The predicted octanol–water partition coefficient (Wildman–Crippen LogP) is 2.80. The molecule has 3 nitrogen and oxygen atoms in total. The highest BCUT2D eigenvalue weighted by atomic mass is 79.9. The van der Waals surface area contributed by atoms with Crippen LogP contribution in [0.15, 0.2) is 40.9 Å². The van der Waals surface area contributed by atoms with E-state index < -0.39 is 0 Å². The van der Waals surface area contributed by atoms with Crippen LogP contribution in [0, 0.1) is 0 Å². The van der Waals surface area contributed by atoms with E-state index in [1.165, 1.54) is 0 Å². The number of phenols is 1. The van der Waals surface area contributed by atoms with Crippen molar-refractivity contribution < 1.29 is 5.11 Å². The van der Waals surface area contributed by atoms with Gasteiger partial charge in [0.1, 0.15) is 11.6 Å². The lowest BCUT2D eigenvalue weighted by molar-refractivity contribution is 0.477. The number of pyridine rings is 1. The van der Waals surface area contributed by atoms with E-state index in [-0.39, 0.29) is 5.75 Å². The van der Waals surface area contributed by atoms with E-state index >= 15 is 0 Å². The lowest BCUT2D eigenvalue weighted by Crippen LogP contribution is -1.93. The van der Waals surface area contributed by atoms with Crippen molar-refractivity contribution in [3.05, 3.63) is 40.9 Å². The zero-order valence-corrected chi connectivity index (χ0v) is 9.40. The molecular formula is C11H9BrN2O. The molecule has 0 radical (unpaired) electrons. The number of halogens is 1. The van der Waals surface area contributed by atoms with Crippen LogP contribution in [0.1, 0.15) is 0 Å². The first kappa shape index (κ1) is 9.98. The van der Waals surface area contributed by atoms with Crippen LogP contribution in [0.25, 0.3) is 11.3 Å². The molecule has 0 spiro atoms. The molecule has 76 valence electrons. The smallest absolute Gasteiger partial charge is 0.138 e. The van der Waals surface area contributed by atoms with Crippen molar-refractivity contribution in [2.24, 2.45) is 0 Å². The van der Waals surface area contributed by atoms with Crippen LogP contribution >= 0.6 is 15.9 Å². The van der Waals surface area contributed by atoms with E-state index in [0.717, 1.165) is 4.47 Å². The minimum absolute atomic E-state index is 0.201. The molecule has 0 fully saturated rings. The van der Waals surface area contributed by atoms with E-state index in [4.69, 9.17) is 5.73 Å². The SMILES string of the molecule is Nc1nc(-c2ccccc2O)ccc1Br. The number of nitrogens with zero attached hydrogens (tertiary/aromatic N) is 1. The average Bonchev–Trinajstić information content (AvgIpc) is 2.23. The first-order chi connectivity index (χ1) is 7.18. The summed E-state index contributed by atoms with van der Waals surface area (Å²) in [5, 5.41) is 9.63. The highest BCUT2D eigenvalue weighted by Gasteiger charge is 2.06. The summed E-state index contributed by atoms with van der Waals surface area (Å²) in [5.74, 6) is 0.613. The molecular weight excluding hydrogens is 256 g/mol. The molecule has 3 N–H and O–H groups in total. The minimum Gasteiger partial charge on any atom is -0.507 e. The fraction of sp³-hybridized carbons (Fsp3) is 0. The molecule has 0 saturated heterocycles. The fourth-order valence-corrected chi connectivity index (χ4v) is 1.52. The van der Waals surface area contributed by atoms with Gasteiger partial charge in [0.2, 0.25) is 0 Å².